The van der Waals surface area contributed by atoms with Crippen molar-refractivity contribution in [3.8, 4) is 0 Å². The molecular weight excluding hydrogens is 218 g/mol. The first-order chi connectivity index (χ1) is 8.28. The maximum atomic E-state index is 5.28. The molecule has 1 saturated carbocycles. The van der Waals surface area contributed by atoms with Crippen molar-refractivity contribution >= 4 is 11.6 Å². The highest BCUT2D eigenvalue weighted by Gasteiger charge is 2.41. The maximum absolute atomic E-state index is 5.28. The van der Waals surface area contributed by atoms with Crippen LogP contribution >= 0.6 is 0 Å². The van der Waals surface area contributed by atoms with Crippen LogP contribution in [0, 0.1) is 5.41 Å². The van der Waals surface area contributed by atoms with Crippen molar-refractivity contribution in [2.75, 3.05) is 31.0 Å². The molecule has 0 amide bonds. The van der Waals surface area contributed by atoms with E-state index in [9.17, 15) is 0 Å². The van der Waals surface area contributed by atoms with E-state index in [0.29, 0.717) is 11.2 Å². The minimum atomic E-state index is 0.393. The first-order valence-corrected chi connectivity index (χ1v) is 5.79. The van der Waals surface area contributed by atoms with Gasteiger partial charge < -0.3 is 15.5 Å². The van der Waals surface area contributed by atoms with Gasteiger partial charge in [0.25, 0.3) is 0 Å². The minimum absolute atomic E-state index is 0.393. The van der Waals surface area contributed by atoms with Gasteiger partial charge in [0.1, 0.15) is 5.82 Å². The van der Waals surface area contributed by atoms with Crippen LogP contribution in [0.5, 0.6) is 0 Å². The number of hydrogen-bond acceptors (Lipinski definition) is 6. The molecule has 0 aromatic carbocycles. The van der Waals surface area contributed by atoms with Gasteiger partial charge in [-0.2, -0.15) is 0 Å². The van der Waals surface area contributed by atoms with E-state index in [0.717, 1.165) is 25.4 Å². The molecule has 1 fully saturated rings. The average Bonchev–Trinajstić information content (AvgIpc) is 3.15. The molecule has 0 atom stereocenters. The number of nitrogens with one attached hydrogen (secondary N) is 2. The second kappa shape index (κ2) is 5.29. The lowest BCUT2D eigenvalue weighted by atomic mass is 10.0. The summed E-state index contributed by atoms with van der Waals surface area (Å²) in [6, 6.07) is 0. The standard InChI is InChI=1S/C11H19N5O/c1-17-5-4-11(2-3-11)8-14-9-6-13-7-10(15-9)16-12/h6-7H,2-5,8,12H2,1H3,(H2,14,15,16). The smallest absolute Gasteiger partial charge is 0.160 e. The van der Waals surface area contributed by atoms with Crippen molar-refractivity contribution in [2.45, 2.75) is 19.3 Å². The lowest BCUT2D eigenvalue weighted by molar-refractivity contribution is 0.175. The van der Waals surface area contributed by atoms with Crippen LogP contribution in [0.3, 0.4) is 0 Å². The van der Waals surface area contributed by atoms with Gasteiger partial charge in [0.05, 0.1) is 12.4 Å². The zero-order valence-electron chi connectivity index (χ0n) is 10.1. The normalized spacial score (nSPS) is 16.6. The molecule has 0 radical (unpaired) electrons. The van der Waals surface area contributed by atoms with E-state index in [4.69, 9.17) is 10.6 Å². The minimum Gasteiger partial charge on any atom is -0.385 e. The number of nitrogen functional groups attached to an aromatic ring is 1. The van der Waals surface area contributed by atoms with Gasteiger partial charge >= 0.3 is 0 Å². The summed E-state index contributed by atoms with van der Waals surface area (Å²) in [6.07, 6.45) is 6.90. The van der Waals surface area contributed by atoms with Crippen LogP contribution in [0.1, 0.15) is 19.3 Å². The van der Waals surface area contributed by atoms with Gasteiger partial charge in [-0.1, -0.05) is 0 Å². The van der Waals surface area contributed by atoms with Crippen LogP contribution in [-0.4, -0.2) is 30.2 Å². The van der Waals surface area contributed by atoms with Crippen LogP contribution in [0.15, 0.2) is 12.4 Å². The molecule has 2 rings (SSSR count). The molecule has 1 aliphatic carbocycles. The van der Waals surface area contributed by atoms with Gasteiger partial charge in [0.2, 0.25) is 0 Å². The van der Waals surface area contributed by atoms with Gasteiger partial charge in [0, 0.05) is 20.3 Å². The Bertz CT molecular complexity index is 367. The van der Waals surface area contributed by atoms with Crippen LogP contribution in [0.4, 0.5) is 11.6 Å². The molecule has 94 valence electrons. The summed E-state index contributed by atoms with van der Waals surface area (Å²) < 4.78 is 5.12. The zero-order chi connectivity index (χ0) is 12.1. The largest absolute Gasteiger partial charge is 0.385 e. The van der Waals surface area contributed by atoms with E-state index in [1.165, 1.54) is 12.8 Å². The first kappa shape index (κ1) is 12.1. The fraction of sp³-hybridized carbons (Fsp3) is 0.636. The van der Waals surface area contributed by atoms with Crippen LogP contribution in [0.25, 0.3) is 0 Å². The number of nitrogens with zero attached hydrogens (tertiary/aromatic N) is 2. The van der Waals surface area contributed by atoms with Crippen molar-refractivity contribution in [3.05, 3.63) is 12.4 Å². The Morgan fingerprint density at radius 3 is 2.82 bits per heavy atom. The number of ether oxygens (including phenoxy) is 1. The lowest BCUT2D eigenvalue weighted by Crippen LogP contribution is -2.18. The summed E-state index contributed by atoms with van der Waals surface area (Å²) in [5, 5.41) is 3.31. The van der Waals surface area contributed by atoms with Crippen LogP contribution in [0.2, 0.25) is 0 Å². The van der Waals surface area contributed by atoms with Crippen molar-refractivity contribution < 1.29 is 4.74 Å². The lowest BCUT2D eigenvalue weighted by Gasteiger charge is -2.15. The monoisotopic (exact) mass is 237 g/mol. The van der Waals surface area contributed by atoms with E-state index in [2.05, 4.69) is 20.7 Å². The Hall–Kier alpha value is -1.40. The van der Waals surface area contributed by atoms with Crippen molar-refractivity contribution in [3.63, 3.8) is 0 Å². The highest BCUT2D eigenvalue weighted by atomic mass is 16.5. The summed E-state index contributed by atoms with van der Waals surface area (Å²) >= 11 is 0. The topological polar surface area (TPSA) is 85.1 Å². The highest BCUT2D eigenvalue weighted by molar-refractivity contribution is 5.40. The number of hydrogen-bond donors (Lipinski definition) is 3. The summed E-state index contributed by atoms with van der Waals surface area (Å²) in [7, 11) is 1.74. The van der Waals surface area contributed by atoms with Crippen LogP contribution in [-0.2, 0) is 4.74 Å². The molecule has 1 aromatic heterocycles. The molecule has 0 spiro atoms. The molecule has 1 aromatic rings. The van der Waals surface area contributed by atoms with E-state index in [-0.39, 0.29) is 0 Å². The SMILES string of the molecule is COCCC1(CNc2cncc(NN)n2)CC1. The third-order valence-corrected chi connectivity index (χ3v) is 3.22. The third kappa shape index (κ3) is 3.28. The summed E-state index contributed by atoms with van der Waals surface area (Å²) in [5.41, 5.74) is 2.87. The quantitative estimate of drug-likeness (QED) is 0.484. The maximum Gasteiger partial charge on any atom is 0.160 e. The Morgan fingerprint density at radius 1 is 1.41 bits per heavy atom. The molecule has 17 heavy (non-hydrogen) atoms. The molecule has 0 aliphatic heterocycles. The Kier molecular flexibility index (Phi) is 3.75. The molecule has 0 bridgehead atoms. The number of nitrogens with two attached hydrogens (primary N) is 1. The number of hydrazine groups is 1. The van der Waals surface area contributed by atoms with Gasteiger partial charge in [-0.3, -0.25) is 4.98 Å². The average molecular weight is 237 g/mol. The van der Waals surface area contributed by atoms with E-state index < -0.39 is 0 Å². The summed E-state index contributed by atoms with van der Waals surface area (Å²) in [6.45, 7) is 1.73. The summed E-state index contributed by atoms with van der Waals surface area (Å²) in [5.74, 6) is 6.60. The number of rotatable bonds is 7. The molecule has 0 saturated heterocycles. The first-order valence-electron chi connectivity index (χ1n) is 5.79. The van der Waals surface area contributed by atoms with E-state index >= 15 is 0 Å². The van der Waals surface area contributed by atoms with E-state index in [1.807, 2.05) is 0 Å². The molecule has 6 nitrogen and oxygen atoms in total. The van der Waals surface area contributed by atoms with E-state index in [1.54, 1.807) is 19.5 Å². The fourth-order valence-electron chi connectivity index (χ4n) is 1.81. The molecule has 6 heteroatoms. The third-order valence-electron chi connectivity index (χ3n) is 3.22. The van der Waals surface area contributed by atoms with Crippen LogP contribution < -0.4 is 16.6 Å². The molecule has 0 unspecified atom stereocenters. The second-order valence-corrected chi connectivity index (χ2v) is 4.53. The molecular formula is C11H19N5O. The Balaban J connectivity index is 1.85. The Labute approximate surface area is 101 Å². The van der Waals surface area contributed by atoms with Crippen molar-refractivity contribution in [2.24, 2.45) is 11.3 Å². The van der Waals surface area contributed by atoms with Gasteiger partial charge in [-0.15, -0.1) is 0 Å². The van der Waals surface area contributed by atoms with Crippen molar-refractivity contribution in [1.82, 2.24) is 9.97 Å². The number of aromatic nitrogens is 2. The highest BCUT2D eigenvalue weighted by Crippen LogP contribution is 2.48. The zero-order valence-corrected chi connectivity index (χ0v) is 10.1. The van der Waals surface area contributed by atoms with Gasteiger partial charge in [0.15, 0.2) is 5.82 Å². The predicted molar refractivity (Wildman–Crippen MR) is 66.5 cm³/mol. The number of anilines is 2. The fourth-order valence-corrected chi connectivity index (χ4v) is 1.81. The molecule has 1 aliphatic rings. The molecule has 4 N–H and O–H groups in total. The Morgan fingerprint density at radius 2 is 2.18 bits per heavy atom. The van der Waals surface area contributed by atoms with Gasteiger partial charge in [-0.25, -0.2) is 10.8 Å². The second-order valence-electron chi connectivity index (χ2n) is 4.53. The molecule has 1 heterocycles. The predicted octanol–water partition coefficient (Wildman–Crippen LogP) is 0.991. The van der Waals surface area contributed by atoms with Gasteiger partial charge in [-0.05, 0) is 24.7 Å². The summed E-state index contributed by atoms with van der Waals surface area (Å²) in [4.78, 5) is 8.31. The number of methoxy groups -OCH3 is 1. The van der Waals surface area contributed by atoms with Crippen molar-refractivity contribution in [1.29, 1.82) is 0 Å².